The maximum absolute atomic E-state index is 13.2. The van der Waals surface area contributed by atoms with Gasteiger partial charge in [0, 0.05) is 5.56 Å². The van der Waals surface area contributed by atoms with Crippen LogP contribution in [-0.2, 0) is 18.9 Å². The average molecular weight is 549 g/mol. The zero-order valence-electron chi connectivity index (χ0n) is 17.9. The molecular formula is C22H12Cl2F6N4O2. The monoisotopic (exact) mass is 548 g/mol. The number of rotatable bonds is 5. The average Bonchev–Trinajstić information content (AvgIpc) is 3.34. The third-order valence-corrected chi connectivity index (χ3v) is 5.79. The molecular weight excluding hydrogens is 537 g/mol. The van der Waals surface area contributed by atoms with Gasteiger partial charge in [-0.2, -0.15) is 26.3 Å². The summed E-state index contributed by atoms with van der Waals surface area (Å²) in [4.78, 5) is 13.1. The highest BCUT2D eigenvalue weighted by atomic mass is 35.5. The minimum Gasteiger partial charge on any atom is -0.360 e. The van der Waals surface area contributed by atoms with Crippen LogP contribution in [0.3, 0.4) is 0 Å². The van der Waals surface area contributed by atoms with Crippen LogP contribution >= 0.6 is 23.2 Å². The Morgan fingerprint density at radius 1 is 0.972 bits per heavy atom. The summed E-state index contributed by atoms with van der Waals surface area (Å²) in [7, 11) is 0. The zero-order chi connectivity index (χ0) is 26.4. The van der Waals surface area contributed by atoms with Gasteiger partial charge in [0.2, 0.25) is 0 Å². The molecule has 4 aromatic rings. The molecule has 0 saturated heterocycles. The van der Waals surface area contributed by atoms with E-state index in [9.17, 15) is 31.1 Å². The fourth-order valence-corrected chi connectivity index (χ4v) is 3.85. The quantitative estimate of drug-likeness (QED) is 0.201. The summed E-state index contributed by atoms with van der Waals surface area (Å²) >= 11 is 12.4. The molecule has 0 fully saturated rings. The van der Waals surface area contributed by atoms with Gasteiger partial charge < -0.3 is 4.52 Å². The third kappa shape index (κ3) is 4.96. The second-order valence-corrected chi connectivity index (χ2v) is 8.34. The second-order valence-electron chi connectivity index (χ2n) is 7.57. The van der Waals surface area contributed by atoms with Crippen LogP contribution in [0.5, 0.6) is 0 Å². The lowest BCUT2D eigenvalue weighted by molar-refractivity contribution is -0.143. The lowest BCUT2D eigenvalue weighted by atomic mass is 10.0. The molecule has 0 atom stereocenters. The third-order valence-electron chi connectivity index (χ3n) is 5.09. The second kappa shape index (κ2) is 9.25. The summed E-state index contributed by atoms with van der Waals surface area (Å²) in [5.74, 6) is -0.458. The van der Waals surface area contributed by atoms with E-state index < -0.39 is 35.8 Å². The molecule has 0 amide bonds. The lowest BCUT2D eigenvalue weighted by Crippen LogP contribution is -2.13. The van der Waals surface area contributed by atoms with E-state index in [1.165, 1.54) is 19.1 Å². The summed E-state index contributed by atoms with van der Waals surface area (Å²) in [6.45, 7) is 0.879. The summed E-state index contributed by atoms with van der Waals surface area (Å²) < 4.78 is 85.1. The van der Waals surface area contributed by atoms with Crippen LogP contribution in [0.4, 0.5) is 26.3 Å². The van der Waals surface area contributed by atoms with Crippen molar-refractivity contribution < 1.29 is 35.7 Å². The molecule has 0 bridgehead atoms. The Hall–Kier alpha value is -3.38. The summed E-state index contributed by atoms with van der Waals surface area (Å²) in [5, 5.41) is 11.2. The fraction of sp³-hybridized carbons (Fsp3) is 0.182. The van der Waals surface area contributed by atoms with Crippen molar-refractivity contribution in [3.63, 3.8) is 0 Å². The van der Waals surface area contributed by atoms with Crippen LogP contribution in [0.2, 0.25) is 10.2 Å². The highest BCUT2D eigenvalue weighted by Crippen LogP contribution is 2.37. The minimum atomic E-state index is -5.01. The predicted molar refractivity (Wildman–Crippen MR) is 116 cm³/mol. The molecule has 0 saturated carbocycles. The number of aryl methyl sites for hydroxylation is 1. The summed E-state index contributed by atoms with van der Waals surface area (Å²) in [6.07, 6.45) is -10.0. The molecule has 2 heterocycles. The standard InChI is InChI=1S/C22H12Cl2F6N4O2/c1-10-16(19(35)14-4-2-3-5-15(14)23)17(32-36-10)18-20(24)34(33-31-18)9-11-6-12(21(25,26)27)8-13(7-11)22(28,29)30/h2-8H,9H2,1H3. The van der Waals surface area contributed by atoms with E-state index in [-0.39, 0.29) is 50.1 Å². The Labute approximate surface area is 208 Å². The molecule has 188 valence electrons. The normalized spacial score (nSPS) is 12.2. The van der Waals surface area contributed by atoms with Gasteiger partial charge in [-0.25, -0.2) is 4.68 Å². The number of aromatic nitrogens is 4. The molecule has 0 spiro atoms. The van der Waals surface area contributed by atoms with E-state index in [1.54, 1.807) is 12.1 Å². The van der Waals surface area contributed by atoms with Crippen LogP contribution in [-0.4, -0.2) is 25.9 Å². The first kappa shape index (κ1) is 25.7. The van der Waals surface area contributed by atoms with E-state index in [4.69, 9.17) is 27.7 Å². The molecule has 0 aliphatic heterocycles. The Bertz CT molecular complexity index is 1430. The first-order valence-corrected chi connectivity index (χ1v) is 10.7. The smallest absolute Gasteiger partial charge is 0.360 e. The minimum absolute atomic E-state index is 0.0165. The molecule has 0 unspecified atom stereocenters. The number of nitrogens with zero attached hydrogens (tertiary/aromatic N) is 4. The fourth-order valence-electron chi connectivity index (χ4n) is 3.41. The Morgan fingerprint density at radius 2 is 1.58 bits per heavy atom. The molecule has 0 aliphatic rings. The van der Waals surface area contributed by atoms with Gasteiger partial charge in [-0.3, -0.25) is 4.79 Å². The molecule has 6 nitrogen and oxygen atoms in total. The molecule has 4 rings (SSSR count). The highest BCUT2D eigenvalue weighted by Gasteiger charge is 2.37. The number of carbonyl (C=O) groups is 1. The summed E-state index contributed by atoms with van der Waals surface area (Å²) in [6, 6.07) is 7.33. The molecule has 14 heteroatoms. The van der Waals surface area contributed by atoms with E-state index >= 15 is 0 Å². The highest BCUT2D eigenvalue weighted by molar-refractivity contribution is 6.35. The Balaban J connectivity index is 1.74. The topological polar surface area (TPSA) is 73.8 Å². The maximum atomic E-state index is 13.2. The first-order chi connectivity index (χ1) is 16.8. The van der Waals surface area contributed by atoms with Gasteiger partial charge >= 0.3 is 12.4 Å². The van der Waals surface area contributed by atoms with Gasteiger partial charge in [-0.15, -0.1) is 5.10 Å². The number of halogens is 8. The number of ketones is 1. The number of benzene rings is 2. The Morgan fingerprint density at radius 3 is 2.17 bits per heavy atom. The van der Waals surface area contributed by atoms with Gasteiger partial charge in [-0.05, 0) is 42.8 Å². The van der Waals surface area contributed by atoms with E-state index in [0.717, 1.165) is 4.68 Å². The number of carbonyl (C=O) groups excluding carboxylic acids is 1. The van der Waals surface area contributed by atoms with Gasteiger partial charge in [-0.1, -0.05) is 45.7 Å². The van der Waals surface area contributed by atoms with Crippen LogP contribution in [0.25, 0.3) is 11.4 Å². The first-order valence-electron chi connectivity index (χ1n) is 9.90. The van der Waals surface area contributed by atoms with E-state index in [2.05, 4.69) is 15.5 Å². The Kier molecular flexibility index (Phi) is 6.60. The van der Waals surface area contributed by atoms with Crippen molar-refractivity contribution in [1.29, 1.82) is 0 Å². The van der Waals surface area contributed by atoms with Crippen molar-refractivity contribution in [1.82, 2.24) is 20.2 Å². The molecule has 0 N–H and O–H groups in total. The molecule has 2 aromatic heterocycles. The van der Waals surface area contributed by atoms with Crippen molar-refractivity contribution in [2.75, 3.05) is 0 Å². The van der Waals surface area contributed by atoms with Crippen LogP contribution in [0.15, 0.2) is 47.0 Å². The van der Waals surface area contributed by atoms with Gasteiger partial charge in [0.05, 0.1) is 28.3 Å². The van der Waals surface area contributed by atoms with Crippen molar-refractivity contribution in [2.24, 2.45) is 0 Å². The maximum Gasteiger partial charge on any atom is 0.416 e. The van der Waals surface area contributed by atoms with E-state index in [0.29, 0.717) is 12.1 Å². The van der Waals surface area contributed by atoms with Crippen LogP contribution in [0.1, 0.15) is 38.4 Å². The van der Waals surface area contributed by atoms with E-state index in [1.807, 2.05) is 0 Å². The number of hydrogen-bond donors (Lipinski definition) is 0. The SMILES string of the molecule is Cc1onc(-c2nnn(Cc3cc(C(F)(F)F)cc(C(F)(F)F)c3)c2Cl)c1C(=O)c1ccccc1Cl. The van der Waals surface area contributed by atoms with Gasteiger partial charge in [0.1, 0.15) is 11.5 Å². The molecule has 36 heavy (non-hydrogen) atoms. The predicted octanol–water partition coefficient (Wildman–Crippen LogP) is 6.87. The molecule has 2 aromatic carbocycles. The number of alkyl halides is 6. The molecule has 0 aliphatic carbocycles. The van der Waals surface area contributed by atoms with Crippen molar-refractivity contribution in [2.45, 2.75) is 25.8 Å². The summed E-state index contributed by atoms with van der Waals surface area (Å²) in [5.41, 5.74) is -3.51. The van der Waals surface area contributed by atoms with Gasteiger partial charge in [0.15, 0.2) is 16.6 Å². The number of hydrogen-bond acceptors (Lipinski definition) is 5. The zero-order valence-corrected chi connectivity index (χ0v) is 19.4. The molecule has 0 radical (unpaired) electrons. The largest absolute Gasteiger partial charge is 0.416 e. The van der Waals surface area contributed by atoms with Crippen molar-refractivity contribution >= 4 is 29.0 Å². The van der Waals surface area contributed by atoms with Gasteiger partial charge in [0.25, 0.3) is 0 Å². The van der Waals surface area contributed by atoms with Crippen molar-refractivity contribution in [3.8, 4) is 11.4 Å². The van der Waals surface area contributed by atoms with Crippen molar-refractivity contribution in [3.05, 3.63) is 86.2 Å². The lowest BCUT2D eigenvalue weighted by Gasteiger charge is -2.14. The van der Waals surface area contributed by atoms with Crippen LogP contribution < -0.4 is 0 Å². The van der Waals surface area contributed by atoms with Crippen LogP contribution in [0, 0.1) is 6.92 Å².